The van der Waals surface area contributed by atoms with Gasteiger partial charge in [0.25, 0.3) is 11.6 Å². The van der Waals surface area contributed by atoms with E-state index in [4.69, 9.17) is 14.2 Å². The van der Waals surface area contributed by atoms with Crippen molar-refractivity contribution in [2.45, 2.75) is 32.5 Å². The van der Waals surface area contributed by atoms with Gasteiger partial charge in [0.15, 0.2) is 17.6 Å². The van der Waals surface area contributed by atoms with Crippen molar-refractivity contribution in [2.75, 3.05) is 30.9 Å². The number of amides is 2. The number of thioether (sulfide) groups is 1. The number of hydrogen-bond acceptors (Lipinski definition) is 13. The summed E-state index contributed by atoms with van der Waals surface area (Å²) in [5, 5.41) is 25.3. The molecule has 2 N–H and O–H groups in total. The van der Waals surface area contributed by atoms with Crippen molar-refractivity contribution in [1.82, 2.24) is 20.1 Å². The number of nitro benzene ring substituents is 1. The van der Waals surface area contributed by atoms with Gasteiger partial charge in [-0.1, -0.05) is 30.0 Å². The molecule has 2 amide bonds. The summed E-state index contributed by atoms with van der Waals surface area (Å²) in [7, 11) is 0. The number of benzene rings is 2. The Hall–Kier alpha value is -5.29. The maximum atomic E-state index is 13.1. The zero-order chi connectivity index (χ0) is 33.9. The molecule has 4 aromatic rings. The van der Waals surface area contributed by atoms with Crippen molar-refractivity contribution in [3.8, 4) is 11.4 Å². The summed E-state index contributed by atoms with van der Waals surface area (Å²) < 4.78 is 17.3. The average Bonchev–Trinajstić information content (AvgIpc) is 3.62. The van der Waals surface area contributed by atoms with Crippen molar-refractivity contribution >= 4 is 57.5 Å². The molecule has 47 heavy (non-hydrogen) atoms. The first-order chi connectivity index (χ1) is 22.6. The number of nitro groups is 1. The number of nitrogens with one attached hydrogen (secondary N) is 2. The number of non-ortho nitro benzene ring substituents is 1. The molecule has 0 atom stereocenters. The fourth-order valence-corrected chi connectivity index (χ4v) is 6.00. The minimum Gasteiger partial charge on any atom is -0.484 e. The van der Waals surface area contributed by atoms with Gasteiger partial charge in [-0.2, -0.15) is 0 Å². The predicted molar refractivity (Wildman–Crippen MR) is 172 cm³/mol. The summed E-state index contributed by atoms with van der Waals surface area (Å²) in [6.07, 6.45) is 0. The number of ether oxygens (including phenoxy) is 3. The summed E-state index contributed by atoms with van der Waals surface area (Å²) >= 11 is 1.90. The smallest absolute Gasteiger partial charge is 0.348 e. The number of aromatic nitrogens is 3. The van der Waals surface area contributed by atoms with Crippen LogP contribution < -0.4 is 15.4 Å². The van der Waals surface area contributed by atoms with Gasteiger partial charge < -0.3 is 24.8 Å². The molecular weight excluding hydrogens is 652 g/mol. The van der Waals surface area contributed by atoms with Crippen LogP contribution in [0.3, 0.4) is 0 Å². The Morgan fingerprint density at radius 1 is 0.957 bits per heavy atom. The molecule has 2 aromatic heterocycles. The van der Waals surface area contributed by atoms with Gasteiger partial charge >= 0.3 is 11.9 Å². The molecule has 0 radical (unpaired) electrons. The molecule has 0 spiro atoms. The molecule has 17 heteroatoms. The summed E-state index contributed by atoms with van der Waals surface area (Å²) in [6, 6.07) is 14.4. The Balaban J connectivity index is 1.52. The number of anilines is 1. The number of carbonyl (C=O) groups is 4. The Bertz CT molecular complexity index is 1760. The summed E-state index contributed by atoms with van der Waals surface area (Å²) in [6.45, 7) is 4.77. The summed E-state index contributed by atoms with van der Waals surface area (Å²) in [5.41, 5.74) is 0.704. The van der Waals surface area contributed by atoms with E-state index in [1.807, 2.05) is 6.07 Å². The molecule has 0 bridgehead atoms. The van der Waals surface area contributed by atoms with Gasteiger partial charge in [0.1, 0.15) is 15.6 Å². The van der Waals surface area contributed by atoms with E-state index < -0.39 is 28.7 Å². The molecule has 0 aliphatic heterocycles. The van der Waals surface area contributed by atoms with Gasteiger partial charge in [-0.25, -0.2) is 9.59 Å². The third-order valence-corrected chi connectivity index (χ3v) is 8.36. The monoisotopic (exact) mass is 682 g/mol. The second-order valence-corrected chi connectivity index (χ2v) is 11.4. The van der Waals surface area contributed by atoms with E-state index in [0.29, 0.717) is 17.0 Å². The first-order valence-corrected chi connectivity index (χ1v) is 16.0. The molecule has 4 rings (SSSR count). The number of hydrogen-bond donors (Lipinski definition) is 2. The van der Waals surface area contributed by atoms with E-state index in [9.17, 15) is 29.3 Å². The Kier molecular flexibility index (Phi) is 12.0. The number of esters is 2. The van der Waals surface area contributed by atoms with E-state index in [1.54, 1.807) is 49.6 Å². The summed E-state index contributed by atoms with van der Waals surface area (Å²) in [4.78, 5) is 61.6. The van der Waals surface area contributed by atoms with Gasteiger partial charge in [-0.15, -0.1) is 21.5 Å². The van der Waals surface area contributed by atoms with Crippen molar-refractivity contribution in [3.05, 3.63) is 86.5 Å². The first kappa shape index (κ1) is 34.6. The topological polar surface area (TPSA) is 194 Å². The van der Waals surface area contributed by atoms with E-state index >= 15 is 0 Å². The van der Waals surface area contributed by atoms with Gasteiger partial charge in [0, 0.05) is 17.8 Å². The van der Waals surface area contributed by atoms with Crippen LogP contribution in [0.4, 0.5) is 10.7 Å². The highest BCUT2D eigenvalue weighted by Crippen LogP contribution is 2.35. The molecule has 0 aliphatic rings. The maximum absolute atomic E-state index is 13.1. The van der Waals surface area contributed by atoms with Crippen molar-refractivity contribution in [2.24, 2.45) is 0 Å². The largest absolute Gasteiger partial charge is 0.484 e. The van der Waals surface area contributed by atoms with Crippen LogP contribution >= 0.6 is 23.1 Å². The van der Waals surface area contributed by atoms with Crippen LogP contribution in [-0.4, -0.2) is 69.0 Å². The first-order valence-electron chi connectivity index (χ1n) is 14.2. The molecule has 2 aromatic carbocycles. The van der Waals surface area contributed by atoms with E-state index in [-0.39, 0.29) is 64.2 Å². The molecule has 0 unspecified atom stereocenters. The van der Waals surface area contributed by atoms with E-state index in [2.05, 4.69) is 20.8 Å². The maximum Gasteiger partial charge on any atom is 0.348 e. The second kappa shape index (κ2) is 16.3. The number of rotatable bonds is 15. The molecule has 246 valence electrons. The minimum absolute atomic E-state index is 0.0570. The lowest BCUT2D eigenvalue weighted by Crippen LogP contribution is -2.29. The van der Waals surface area contributed by atoms with Crippen LogP contribution in [0.1, 0.15) is 45.3 Å². The van der Waals surface area contributed by atoms with E-state index in [1.165, 1.54) is 24.3 Å². The highest BCUT2D eigenvalue weighted by atomic mass is 32.2. The zero-order valence-corrected chi connectivity index (χ0v) is 27.1. The standard InChI is InChI=1S/C30H30N6O9S2/c1-4-43-28(39)25-18(3)26(29(40)44-5-2)47-27(25)32-24(38)17-46-30-34-33-22(35(30)19-11-13-20(14-12-19)36(41)42)15-31-23(37)16-45-21-9-7-6-8-10-21/h6-14H,4-5,15-17H2,1-3H3,(H,31,37)(H,32,38). The molecule has 0 fully saturated rings. The Morgan fingerprint density at radius 2 is 1.64 bits per heavy atom. The van der Waals surface area contributed by atoms with Crippen molar-refractivity contribution in [1.29, 1.82) is 0 Å². The quantitative estimate of drug-likeness (QED) is 0.0781. The fourth-order valence-electron chi connectivity index (χ4n) is 4.12. The number of nitrogens with zero attached hydrogens (tertiary/aromatic N) is 4. The van der Waals surface area contributed by atoms with Crippen LogP contribution in [0.5, 0.6) is 5.75 Å². The molecule has 15 nitrogen and oxygen atoms in total. The van der Waals surface area contributed by atoms with Gasteiger partial charge in [0.2, 0.25) is 5.91 Å². The fraction of sp³-hybridized carbons (Fsp3) is 0.267. The Morgan fingerprint density at radius 3 is 2.30 bits per heavy atom. The highest BCUT2D eigenvalue weighted by Gasteiger charge is 2.27. The average molecular weight is 683 g/mol. The van der Waals surface area contributed by atoms with Crippen LogP contribution in [0.25, 0.3) is 5.69 Å². The molecule has 0 aliphatic carbocycles. The van der Waals surface area contributed by atoms with Crippen LogP contribution in [0, 0.1) is 17.0 Å². The Labute approximate surface area is 276 Å². The minimum atomic E-state index is -0.696. The third kappa shape index (κ3) is 8.92. The van der Waals surface area contributed by atoms with Crippen LogP contribution in [-0.2, 0) is 25.6 Å². The van der Waals surface area contributed by atoms with Gasteiger partial charge in [-0.05, 0) is 50.6 Å². The van der Waals surface area contributed by atoms with Gasteiger partial charge in [-0.3, -0.25) is 24.3 Å². The zero-order valence-electron chi connectivity index (χ0n) is 25.5. The van der Waals surface area contributed by atoms with Crippen molar-refractivity contribution in [3.63, 3.8) is 0 Å². The number of para-hydroxylation sites is 1. The normalized spacial score (nSPS) is 10.6. The molecule has 2 heterocycles. The predicted octanol–water partition coefficient (Wildman–Crippen LogP) is 4.32. The van der Waals surface area contributed by atoms with E-state index in [0.717, 1.165) is 23.1 Å². The second-order valence-electron chi connectivity index (χ2n) is 9.42. The molecular formula is C30H30N6O9S2. The third-order valence-electron chi connectivity index (χ3n) is 6.25. The lowest BCUT2D eigenvalue weighted by Gasteiger charge is -2.11. The lowest BCUT2D eigenvalue weighted by molar-refractivity contribution is -0.384. The van der Waals surface area contributed by atoms with Crippen LogP contribution in [0.15, 0.2) is 59.8 Å². The lowest BCUT2D eigenvalue weighted by atomic mass is 10.1. The number of thiophene rings is 1. The van der Waals surface area contributed by atoms with Crippen LogP contribution in [0.2, 0.25) is 0 Å². The number of carbonyl (C=O) groups excluding carboxylic acids is 4. The molecule has 0 saturated carbocycles. The highest BCUT2D eigenvalue weighted by molar-refractivity contribution is 7.99. The van der Waals surface area contributed by atoms with Crippen molar-refractivity contribution < 1.29 is 38.3 Å². The van der Waals surface area contributed by atoms with Gasteiger partial charge in [0.05, 0.1) is 36.0 Å². The summed E-state index contributed by atoms with van der Waals surface area (Å²) in [5.74, 6) is -1.66. The molecule has 0 saturated heterocycles. The SMILES string of the molecule is CCOC(=O)c1sc(NC(=O)CSc2nnc(CNC(=O)COc3ccccc3)n2-c2ccc([N+](=O)[O-])cc2)c(C(=O)OCC)c1C.